The fourth-order valence-corrected chi connectivity index (χ4v) is 3.98. The Bertz CT molecular complexity index is 1090. The predicted molar refractivity (Wildman–Crippen MR) is 90.1 cm³/mol. The maximum absolute atomic E-state index is 12.7. The molecule has 2 heterocycles. The normalized spacial score (nSPS) is 11.8. The lowest BCUT2D eigenvalue weighted by molar-refractivity contribution is 0.475. The second-order valence-corrected chi connectivity index (χ2v) is 7.70. The Morgan fingerprint density at radius 1 is 1.21 bits per heavy atom. The molecule has 0 saturated carbocycles. The SMILES string of the molecule is CSc1ncc2cc(S(=O)(=O)c3ccc(O)cc3)c(=O)n(C)c2n1. The number of nitrogens with zero attached hydrogens (tertiary/aromatic N) is 3. The van der Waals surface area contributed by atoms with Crippen molar-refractivity contribution in [3.63, 3.8) is 0 Å². The lowest BCUT2D eigenvalue weighted by Gasteiger charge is -2.09. The summed E-state index contributed by atoms with van der Waals surface area (Å²) in [7, 11) is -2.55. The number of phenolic OH excluding ortho intramolecular Hbond substituents is 1. The number of benzene rings is 1. The van der Waals surface area contributed by atoms with E-state index in [9.17, 15) is 18.3 Å². The van der Waals surface area contributed by atoms with E-state index >= 15 is 0 Å². The first-order chi connectivity index (χ1) is 11.3. The molecule has 0 fully saturated rings. The zero-order valence-electron chi connectivity index (χ0n) is 12.8. The molecule has 0 atom stereocenters. The molecule has 9 heteroatoms. The minimum absolute atomic E-state index is 0.0571. The van der Waals surface area contributed by atoms with Crippen LogP contribution in [-0.4, -0.2) is 34.3 Å². The summed E-state index contributed by atoms with van der Waals surface area (Å²) in [5, 5.41) is 10.2. The van der Waals surface area contributed by atoms with E-state index in [1.54, 1.807) is 0 Å². The fraction of sp³-hybridized carbons (Fsp3) is 0.133. The van der Waals surface area contributed by atoms with Gasteiger partial charge in [0.15, 0.2) is 5.16 Å². The van der Waals surface area contributed by atoms with Gasteiger partial charge in [-0.25, -0.2) is 18.4 Å². The van der Waals surface area contributed by atoms with Gasteiger partial charge in [-0.3, -0.25) is 9.36 Å². The molecule has 0 radical (unpaired) electrons. The molecule has 0 bridgehead atoms. The molecule has 0 saturated heterocycles. The third-order valence-corrected chi connectivity index (χ3v) is 5.84. The van der Waals surface area contributed by atoms with Crippen LogP contribution in [0, 0.1) is 0 Å². The standard InChI is InChI=1S/C15H13N3O4S2/c1-18-13-9(8-16-15(17-13)23-2)7-12(14(18)20)24(21,22)11-5-3-10(19)4-6-11/h3-8,19H,1-2H3. The highest BCUT2D eigenvalue weighted by molar-refractivity contribution is 7.98. The van der Waals surface area contributed by atoms with E-state index in [4.69, 9.17) is 0 Å². The maximum atomic E-state index is 12.7. The molecule has 0 aliphatic carbocycles. The molecule has 1 N–H and O–H groups in total. The molecule has 0 spiro atoms. The van der Waals surface area contributed by atoms with Crippen molar-refractivity contribution in [2.45, 2.75) is 14.9 Å². The van der Waals surface area contributed by atoms with Crippen molar-refractivity contribution in [3.05, 3.63) is 46.9 Å². The van der Waals surface area contributed by atoms with Crippen LogP contribution in [0.25, 0.3) is 11.0 Å². The number of phenols is 1. The average molecular weight is 363 g/mol. The number of aromatic hydroxyl groups is 1. The summed E-state index contributed by atoms with van der Waals surface area (Å²) in [5.41, 5.74) is -0.301. The first-order valence-corrected chi connectivity index (χ1v) is 9.50. The minimum atomic E-state index is -4.02. The van der Waals surface area contributed by atoms with Gasteiger partial charge in [0.1, 0.15) is 16.3 Å². The Morgan fingerprint density at radius 2 is 1.88 bits per heavy atom. The van der Waals surface area contributed by atoms with Gasteiger partial charge >= 0.3 is 0 Å². The van der Waals surface area contributed by atoms with E-state index in [2.05, 4.69) is 9.97 Å². The largest absolute Gasteiger partial charge is 0.508 e. The predicted octanol–water partition coefficient (Wildman–Crippen LogP) is 1.59. The highest BCUT2D eigenvalue weighted by Gasteiger charge is 2.23. The van der Waals surface area contributed by atoms with Crippen LogP contribution in [0.2, 0.25) is 0 Å². The third-order valence-electron chi connectivity index (χ3n) is 3.51. The van der Waals surface area contributed by atoms with Crippen LogP contribution in [0.4, 0.5) is 0 Å². The van der Waals surface area contributed by atoms with Crippen molar-refractivity contribution in [3.8, 4) is 5.75 Å². The van der Waals surface area contributed by atoms with Crippen molar-refractivity contribution in [2.24, 2.45) is 7.05 Å². The van der Waals surface area contributed by atoms with Gasteiger partial charge in [-0.2, -0.15) is 0 Å². The van der Waals surface area contributed by atoms with Crippen LogP contribution in [0.15, 0.2) is 56.3 Å². The van der Waals surface area contributed by atoms with Gasteiger partial charge in [0, 0.05) is 18.6 Å². The van der Waals surface area contributed by atoms with E-state index in [-0.39, 0.29) is 15.5 Å². The van der Waals surface area contributed by atoms with Gasteiger partial charge in [-0.1, -0.05) is 11.8 Å². The summed E-state index contributed by atoms with van der Waals surface area (Å²) < 4.78 is 26.7. The number of sulfone groups is 1. The van der Waals surface area contributed by atoms with Gasteiger partial charge in [0.05, 0.1) is 4.90 Å². The molecular formula is C15H13N3O4S2. The molecule has 3 rings (SSSR count). The van der Waals surface area contributed by atoms with E-state index in [0.717, 1.165) is 0 Å². The van der Waals surface area contributed by atoms with Crippen molar-refractivity contribution in [1.82, 2.24) is 14.5 Å². The maximum Gasteiger partial charge on any atom is 0.271 e. The van der Waals surface area contributed by atoms with Gasteiger partial charge in [0.2, 0.25) is 9.84 Å². The number of hydrogen-bond donors (Lipinski definition) is 1. The Kier molecular flexibility index (Phi) is 4.06. The zero-order valence-corrected chi connectivity index (χ0v) is 14.4. The highest BCUT2D eigenvalue weighted by Crippen LogP contribution is 2.23. The lowest BCUT2D eigenvalue weighted by atomic mass is 10.3. The topological polar surface area (TPSA) is 102 Å². The summed E-state index contributed by atoms with van der Waals surface area (Å²) in [6.07, 6.45) is 3.30. The number of rotatable bonds is 3. The fourth-order valence-electron chi connectivity index (χ4n) is 2.24. The lowest BCUT2D eigenvalue weighted by Crippen LogP contribution is -2.25. The van der Waals surface area contributed by atoms with Gasteiger partial charge in [0.25, 0.3) is 5.56 Å². The summed E-state index contributed by atoms with van der Waals surface area (Å²) in [5.74, 6) is -0.0571. The monoisotopic (exact) mass is 363 g/mol. The Labute approximate surface area is 141 Å². The number of aryl methyl sites for hydroxylation is 1. The third kappa shape index (κ3) is 2.65. The Morgan fingerprint density at radius 3 is 2.50 bits per heavy atom. The molecule has 0 amide bonds. The average Bonchev–Trinajstić information content (AvgIpc) is 2.58. The highest BCUT2D eigenvalue weighted by atomic mass is 32.2. The molecule has 0 aliphatic rings. The number of hydrogen-bond acceptors (Lipinski definition) is 7. The summed E-state index contributed by atoms with van der Waals surface area (Å²) >= 11 is 1.33. The quantitative estimate of drug-likeness (QED) is 0.557. The van der Waals surface area contributed by atoms with Gasteiger partial charge < -0.3 is 5.11 Å². The first-order valence-electron chi connectivity index (χ1n) is 6.79. The molecule has 24 heavy (non-hydrogen) atoms. The van der Waals surface area contributed by atoms with E-state index < -0.39 is 15.4 Å². The second kappa shape index (κ2) is 5.91. The molecule has 0 unspecified atom stereocenters. The van der Waals surface area contributed by atoms with Crippen molar-refractivity contribution in [2.75, 3.05) is 6.26 Å². The summed E-state index contributed by atoms with van der Waals surface area (Å²) in [6, 6.07) is 6.30. The van der Waals surface area contributed by atoms with Gasteiger partial charge in [-0.15, -0.1) is 0 Å². The van der Waals surface area contributed by atoms with Crippen molar-refractivity contribution < 1.29 is 13.5 Å². The zero-order chi connectivity index (χ0) is 17.5. The number of aromatic nitrogens is 3. The van der Waals surface area contributed by atoms with E-state index in [1.807, 2.05) is 6.26 Å². The first kappa shape index (κ1) is 16.5. The van der Waals surface area contributed by atoms with Crippen LogP contribution in [-0.2, 0) is 16.9 Å². The Balaban J connectivity index is 2.28. The number of thioether (sulfide) groups is 1. The minimum Gasteiger partial charge on any atom is -0.508 e. The summed E-state index contributed by atoms with van der Waals surface area (Å²) in [6.45, 7) is 0. The second-order valence-electron chi connectivity index (χ2n) is 5.01. The smallest absolute Gasteiger partial charge is 0.271 e. The van der Waals surface area contributed by atoms with Crippen LogP contribution in [0.5, 0.6) is 5.75 Å². The van der Waals surface area contributed by atoms with Crippen molar-refractivity contribution in [1.29, 1.82) is 0 Å². The van der Waals surface area contributed by atoms with Crippen LogP contribution < -0.4 is 5.56 Å². The molecule has 7 nitrogen and oxygen atoms in total. The molecule has 3 aromatic rings. The molecule has 1 aromatic carbocycles. The Hall–Kier alpha value is -2.39. The molecule has 124 valence electrons. The van der Waals surface area contributed by atoms with Crippen LogP contribution in [0.1, 0.15) is 0 Å². The number of pyridine rings is 1. The van der Waals surface area contributed by atoms with Crippen LogP contribution in [0.3, 0.4) is 0 Å². The molecule has 0 aliphatic heterocycles. The van der Waals surface area contributed by atoms with E-state index in [0.29, 0.717) is 16.2 Å². The van der Waals surface area contributed by atoms with Gasteiger partial charge in [-0.05, 0) is 36.6 Å². The summed E-state index contributed by atoms with van der Waals surface area (Å²) in [4.78, 5) is 20.5. The van der Waals surface area contributed by atoms with E-state index in [1.165, 1.54) is 59.9 Å². The number of fused-ring (bicyclic) bond motifs is 1. The van der Waals surface area contributed by atoms with Crippen LogP contribution >= 0.6 is 11.8 Å². The van der Waals surface area contributed by atoms with Crippen molar-refractivity contribution >= 4 is 32.6 Å². The molecule has 2 aromatic heterocycles. The molecular weight excluding hydrogens is 350 g/mol.